The van der Waals surface area contributed by atoms with Crippen molar-refractivity contribution in [3.63, 3.8) is 0 Å². The first-order chi connectivity index (χ1) is 24.6. The molecule has 6 atom stereocenters. The highest BCUT2D eigenvalue weighted by molar-refractivity contribution is 7.75. The Labute approximate surface area is 305 Å². The second-order valence-corrected chi connectivity index (χ2v) is 15.2. The third-order valence-corrected chi connectivity index (χ3v) is 11.8. The van der Waals surface area contributed by atoms with Crippen molar-refractivity contribution in [1.82, 2.24) is 15.1 Å². The van der Waals surface area contributed by atoms with E-state index in [0.29, 0.717) is 30.5 Å². The normalized spacial score (nSPS) is 26.0. The second kappa shape index (κ2) is 16.2. The first kappa shape index (κ1) is 36.9. The van der Waals surface area contributed by atoms with Crippen LogP contribution in [0, 0.1) is 17.8 Å². The molecule has 3 aliphatic rings. The first-order valence-electron chi connectivity index (χ1n) is 17.3. The van der Waals surface area contributed by atoms with Crippen LogP contribution in [0.1, 0.15) is 64.4 Å². The second-order valence-electron chi connectivity index (χ2n) is 13.5. The summed E-state index contributed by atoms with van der Waals surface area (Å²) < 4.78 is 37.0. The molecule has 0 saturated heterocycles. The van der Waals surface area contributed by atoms with E-state index in [2.05, 4.69) is 25.7 Å². The number of aliphatic hydroxyl groups is 1. The van der Waals surface area contributed by atoms with Gasteiger partial charge in [0.05, 0.1) is 31.6 Å². The molecule has 1 saturated carbocycles. The lowest BCUT2D eigenvalue weighted by atomic mass is 9.70. The highest BCUT2D eigenvalue weighted by Crippen LogP contribution is 2.42. The number of hydrogen-bond acceptors (Lipinski definition) is 10. The molecule has 3 heterocycles. The zero-order valence-electron chi connectivity index (χ0n) is 29.3. The Bertz CT molecular complexity index is 1880. The number of carbonyl (C=O) groups is 2. The largest absolute Gasteiger partial charge is 0.491 e. The van der Waals surface area contributed by atoms with E-state index in [0.717, 1.165) is 43.4 Å². The molecule has 6 rings (SSSR count). The summed E-state index contributed by atoms with van der Waals surface area (Å²) in [6.07, 6.45) is 8.06. The number of aliphatic hydroxyl groups excluding tert-OH is 1. The molecule has 1 aliphatic carbocycles. The van der Waals surface area contributed by atoms with Crippen LogP contribution in [0.4, 0.5) is 5.69 Å². The van der Waals surface area contributed by atoms with E-state index in [9.17, 15) is 18.9 Å². The topological polar surface area (TPSA) is 145 Å². The van der Waals surface area contributed by atoms with Gasteiger partial charge in [-0.05, 0) is 96.7 Å². The summed E-state index contributed by atoms with van der Waals surface area (Å²) in [6.45, 7) is 3.38. The maximum absolute atomic E-state index is 14.0. The molecule has 1 fully saturated rings. The van der Waals surface area contributed by atoms with Gasteiger partial charge in [-0.3, -0.25) is 14.3 Å². The molecule has 0 radical (unpaired) electrons. The fourth-order valence-electron chi connectivity index (χ4n) is 7.10. The Morgan fingerprint density at radius 2 is 1.94 bits per heavy atom. The van der Waals surface area contributed by atoms with Crippen molar-refractivity contribution in [1.29, 1.82) is 0 Å². The van der Waals surface area contributed by atoms with Gasteiger partial charge in [0.2, 0.25) is 5.88 Å². The number of aryl methyl sites for hydroxylation is 2. The van der Waals surface area contributed by atoms with E-state index in [1.54, 1.807) is 45.4 Å². The molecule has 14 heteroatoms. The minimum absolute atomic E-state index is 0.0774. The van der Waals surface area contributed by atoms with Crippen molar-refractivity contribution in [2.24, 2.45) is 29.2 Å². The lowest BCUT2D eigenvalue weighted by Gasteiger charge is -2.44. The highest BCUT2D eigenvalue weighted by Gasteiger charge is 2.38. The summed E-state index contributed by atoms with van der Waals surface area (Å²) in [6, 6.07) is 11.2. The number of aromatic nitrogens is 2. The molecule has 0 spiro atoms. The van der Waals surface area contributed by atoms with Gasteiger partial charge in [0.15, 0.2) is 0 Å². The van der Waals surface area contributed by atoms with E-state index in [-0.39, 0.29) is 34.9 Å². The average molecular weight is 739 g/mol. The van der Waals surface area contributed by atoms with Gasteiger partial charge in [0.25, 0.3) is 11.8 Å². The van der Waals surface area contributed by atoms with E-state index in [1.807, 2.05) is 18.2 Å². The number of carbonyl (C=O) groups excluding carboxylic acids is 2. The SMILES string of the molecule is COc1nn(C)cc1C(=O)NC1C(C)C(O)C=CC(OC)C2CCC2CN2Cc3ccc(Cl)cc3CCCCOc3ccc(cc32)C(=O)N=[S-]1=O. The number of benzene rings is 2. The maximum Gasteiger partial charge on any atom is 0.257 e. The Morgan fingerprint density at radius 3 is 2.69 bits per heavy atom. The van der Waals surface area contributed by atoms with Crippen molar-refractivity contribution in [3.8, 4) is 11.6 Å². The number of ether oxygens (including phenoxy) is 3. The number of anilines is 1. The third kappa shape index (κ3) is 8.27. The number of methoxy groups -OCH3 is 2. The molecule has 2 N–H and O–H groups in total. The van der Waals surface area contributed by atoms with Crippen LogP contribution in [-0.2, 0) is 39.6 Å². The summed E-state index contributed by atoms with van der Waals surface area (Å²) in [5.74, 6) is -1.04. The average Bonchev–Trinajstić information content (AvgIpc) is 3.49. The molecule has 2 aromatic carbocycles. The van der Waals surface area contributed by atoms with Crippen molar-refractivity contribution in [2.75, 3.05) is 32.3 Å². The van der Waals surface area contributed by atoms with Crippen LogP contribution < -0.4 is 19.7 Å². The molecule has 2 bridgehead atoms. The van der Waals surface area contributed by atoms with Crippen molar-refractivity contribution < 1.29 is 33.1 Å². The van der Waals surface area contributed by atoms with Gasteiger partial charge in [-0.2, -0.15) is 10.6 Å². The lowest BCUT2D eigenvalue weighted by Crippen LogP contribution is -2.45. The monoisotopic (exact) mass is 738 g/mol. The Kier molecular flexibility index (Phi) is 11.7. The van der Waals surface area contributed by atoms with E-state index in [4.69, 9.17) is 25.8 Å². The van der Waals surface area contributed by atoms with Gasteiger partial charge >= 0.3 is 0 Å². The minimum Gasteiger partial charge on any atom is -0.491 e. The van der Waals surface area contributed by atoms with Crippen LogP contribution in [0.3, 0.4) is 0 Å². The molecule has 274 valence electrons. The minimum atomic E-state index is -2.30. The van der Waals surface area contributed by atoms with E-state index in [1.165, 1.54) is 23.6 Å². The fourth-order valence-corrected chi connectivity index (χ4v) is 8.42. The molecule has 6 unspecified atom stereocenters. The van der Waals surface area contributed by atoms with Crippen LogP contribution in [0.5, 0.6) is 11.6 Å². The Balaban J connectivity index is 1.44. The number of halogens is 1. The third-order valence-electron chi connectivity index (χ3n) is 10.2. The molecule has 1 aromatic heterocycles. The number of fused-ring (bicyclic) bond motifs is 3. The zero-order chi connectivity index (χ0) is 36.2. The maximum atomic E-state index is 14.0. The lowest BCUT2D eigenvalue weighted by molar-refractivity contribution is 0.0125. The molecular weight excluding hydrogens is 694 g/mol. The van der Waals surface area contributed by atoms with Gasteiger partial charge in [-0.25, -0.2) is 0 Å². The van der Waals surface area contributed by atoms with E-state index >= 15 is 0 Å². The predicted octanol–water partition coefficient (Wildman–Crippen LogP) is 5.46. The van der Waals surface area contributed by atoms with Gasteiger partial charge < -0.3 is 38.1 Å². The summed E-state index contributed by atoms with van der Waals surface area (Å²) in [7, 11) is 2.38. The number of hydrogen-bond donors (Lipinski definition) is 2. The van der Waals surface area contributed by atoms with Crippen molar-refractivity contribution >= 4 is 39.7 Å². The number of amides is 2. The molecular formula is C37H45ClN5O7S-. The van der Waals surface area contributed by atoms with Gasteiger partial charge in [-0.15, -0.1) is 5.10 Å². The Morgan fingerprint density at radius 1 is 1.12 bits per heavy atom. The highest BCUT2D eigenvalue weighted by atomic mass is 35.5. The van der Waals surface area contributed by atoms with E-state index < -0.39 is 39.8 Å². The molecule has 2 amide bonds. The van der Waals surface area contributed by atoms with Crippen LogP contribution in [0.2, 0.25) is 5.02 Å². The quantitative estimate of drug-likeness (QED) is 0.264. The Hall–Kier alpha value is -3.91. The number of nitrogens with zero attached hydrogens (tertiary/aromatic N) is 4. The van der Waals surface area contributed by atoms with Gasteiger partial charge in [0, 0.05) is 44.0 Å². The molecule has 2 aliphatic heterocycles. The summed E-state index contributed by atoms with van der Waals surface area (Å²) in [5.41, 5.74) is 3.39. The smallest absolute Gasteiger partial charge is 0.257 e. The number of nitrogens with one attached hydrogen (secondary N) is 1. The summed E-state index contributed by atoms with van der Waals surface area (Å²) in [4.78, 5) is 29.5. The van der Waals surface area contributed by atoms with Crippen molar-refractivity contribution in [3.05, 3.63) is 82.0 Å². The van der Waals surface area contributed by atoms with Gasteiger partial charge in [-0.1, -0.05) is 36.7 Å². The molecule has 3 aromatic rings. The predicted molar refractivity (Wildman–Crippen MR) is 195 cm³/mol. The summed E-state index contributed by atoms with van der Waals surface area (Å²) >= 11 is 6.44. The van der Waals surface area contributed by atoms with Crippen LogP contribution in [0.15, 0.2) is 59.1 Å². The van der Waals surface area contributed by atoms with Crippen molar-refractivity contribution in [2.45, 2.75) is 63.2 Å². The van der Waals surface area contributed by atoms with Crippen LogP contribution >= 0.6 is 11.6 Å². The summed E-state index contributed by atoms with van der Waals surface area (Å²) in [5, 5.41) is 17.7. The first-order valence-corrected chi connectivity index (χ1v) is 18.8. The zero-order valence-corrected chi connectivity index (χ0v) is 30.9. The van der Waals surface area contributed by atoms with Crippen LogP contribution in [-0.4, -0.2) is 71.7 Å². The number of rotatable bonds is 4. The van der Waals surface area contributed by atoms with Gasteiger partial charge in [0.1, 0.15) is 11.3 Å². The van der Waals surface area contributed by atoms with Crippen LogP contribution in [0.25, 0.3) is 0 Å². The standard InChI is InChI=1S/C37H45ClN5O7S/c1-22-31(44)13-15-32(48-3)28-12-9-26(28)20-43-19-25-8-11-27(38)17-23(25)7-5-6-16-50-33-14-10-24(18-30(33)43)34(45)41-51(47)37(22)39-35(46)29-21-42(2)40-36(29)49-4/h8,10-11,13-15,17-18,21-22,26,28,31-32,37,44H,5-7,9,12,16,19-20H2,1-4H3,(H,39,46)/q-1. The fraction of sp³-hybridized carbons (Fsp3) is 0.486. The molecule has 51 heavy (non-hydrogen) atoms. The molecule has 12 nitrogen and oxygen atoms in total.